The van der Waals surface area contributed by atoms with Crippen LogP contribution in [0, 0.1) is 0 Å². The normalized spacial score (nSPS) is 26.8. The first-order valence-corrected chi connectivity index (χ1v) is 10.8. The molecule has 0 aromatic carbocycles. The molecule has 15 heteroatoms. The lowest BCUT2D eigenvalue weighted by Gasteiger charge is -2.20. The zero-order valence-electron chi connectivity index (χ0n) is 16.2. The minimum atomic E-state index is -4.57. The van der Waals surface area contributed by atoms with Crippen LogP contribution in [0.25, 0.3) is 0 Å². The highest BCUT2D eigenvalue weighted by Crippen LogP contribution is 2.44. The molecule has 30 heavy (non-hydrogen) atoms. The summed E-state index contributed by atoms with van der Waals surface area (Å²) in [6.45, 7) is 0.192. The van der Waals surface area contributed by atoms with E-state index in [4.69, 9.17) is 29.0 Å². The molecule has 0 radical (unpaired) electrons. The molecule has 1 aromatic rings. The Kier molecular flexibility index (Phi) is 8.82. The highest BCUT2D eigenvalue weighted by atomic mass is 32.1. The molecule has 1 aliphatic heterocycles. The molecular weight excluding hydrogens is 445 g/mol. The van der Waals surface area contributed by atoms with Gasteiger partial charge in [0.1, 0.15) is 30.2 Å². The Balaban J connectivity index is 2.00. The molecule has 2 unspecified atom stereocenters. The number of methoxy groups -OCH3 is 1. The number of nitrogen functional groups attached to an aromatic ring is 1. The third kappa shape index (κ3) is 6.49. The first kappa shape index (κ1) is 24.8. The highest BCUT2D eigenvalue weighted by Gasteiger charge is 2.46. The van der Waals surface area contributed by atoms with Crippen LogP contribution in [0.1, 0.15) is 13.2 Å². The molecule has 13 nitrogen and oxygen atoms in total. The van der Waals surface area contributed by atoms with Crippen LogP contribution < -0.4 is 11.4 Å². The van der Waals surface area contributed by atoms with E-state index in [1.165, 1.54) is 26.3 Å². The molecule has 2 heterocycles. The average Bonchev–Trinajstić information content (AvgIpc) is 2.98. The van der Waals surface area contributed by atoms with Gasteiger partial charge >= 0.3 is 19.5 Å². The standard InChI is InChI=1S/C15H24N3O10PS/c1-8(19)27-9(7-30)5-25-29(22,23)26-6-10-12(20)13(24-2)14(28-10)18-4-3-11(16)17-15(18)21/h3-4,9-10,12-14,20,30H,5-7H2,1-2H3,(H,22,23)(H2,16,17,21)/t9?,10-,12-,13-,14-/m1/s1. The van der Waals surface area contributed by atoms with E-state index in [9.17, 15) is 24.2 Å². The second-order valence-corrected chi connectivity index (χ2v) is 8.09. The Morgan fingerprint density at radius 3 is 2.77 bits per heavy atom. The van der Waals surface area contributed by atoms with Crippen molar-refractivity contribution < 1.29 is 42.6 Å². The number of aliphatic hydroxyl groups is 1. The summed E-state index contributed by atoms with van der Waals surface area (Å²) in [7, 11) is -3.27. The van der Waals surface area contributed by atoms with Gasteiger partial charge in [0.05, 0.1) is 13.2 Å². The molecule has 2 rings (SSSR count). The van der Waals surface area contributed by atoms with Gasteiger partial charge in [-0.2, -0.15) is 17.6 Å². The monoisotopic (exact) mass is 469 g/mol. The van der Waals surface area contributed by atoms with Gasteiger partial charge < -0.3 is 29.9 Å². The van der Waals surface area contributed by atoms with E-state index in [0.717, 1.165) is 4.57 Å². The largest absolute Gasteiger partial charge is 0.472 e. The fraction of sp³-hybridized carbons (Fsp3) is 0.667. The summed E-state index contributed by atoms with van der Waals surface area (Å²) < 4.78 is 38.4. The van der Waals surface area contributed by atoms with Crippen LogP contribution in [0.15, 0.2) is 17.1 Å². The second kappa shape index (κ2) is 10.7. The van der Waals surface area contributed by atoms with Crippen LogP contribution in [0.2, 0.25) is 0 Å². The number of nitrogens with zero attached hydrogens (tertiary/aromatic N) is 2. The van der Waals surface area contributed by atoms with Gasteiger partial charge in [-0.25, -0.2) is 9.36 Å². The molecule has 0 amide bonds. The predicted molar refractivity (Wildman–Crippen MR) is 105 cm³/mol. The van der Waals surface area contributed by atoms with E-state index in [0.29, 0.717) is 0 Å². The lowest BCUT2D eigenvalue weighted by Crippen LogP contribution is -2.37. The molecular formula is C15H24N3O10PS. The number of anilines is 1. The summed E-state index contributed by atoms with van der Waals surface area (Å²) in [6, 6.07) is 1.37. The SMILES string of the molecule is CO[C@@H]1[C@H](O)[C@@H](COP(=O)(O)OCC(CS)OC(C)=O)O[C@H]1n1ccc(N)nc1=O. The number of ether oxygens (including phenoxy) is 3. The van der Waals surface area contributed by atoms with Crippen LogP contribution in [-0.2, 0) is 32.6 Å². The van der Waals surface area contributed by atoms with Gasteiger partial charge in [0.15, 0.2) is 6.23 Å². The van der Waals surface area contributed by atoms with Crippen molar-refractivity contribution in [1.82, 2.24) is 9.55 Å². The molecule has 1 aromatic heterocycles. The van der Waals surface area contributed by atoms with E-state index in [1.54, 1.807) is 0 Å². The quantitative estimate of drug-likeness (QED) is 0.188. The molecule has 170 valence electrons. The Morgan fingerprint density at radius 2 is 2.20 bits per heavy atom. The number of hydrogen-bond donors (Lipinski definition) is 4. The minimum Gasteiger partial charge on any atom is -0.459 e. The number of carbonyl (C=O) groups is 1. The van der Waals surface area contributed by atoms with E-state index in [-0.39, 0.29) is 11.6 Å². The van der Waals surface area contributed by atoms with E-state index >= 15 is 0 Å². The maximum Gasteiger partial charge on any atom is 0.472 e. The Labute approximate surface area is 177 Å². The number of esters is 1. The number of aromatic nitrogens is 2. The number of rotatable bonds is 10. The number of phosphoric ester groups is 1. The smallest absolute Gasteiger partial charge is 0.459 e. The van der Waals surface area contributed by atoms with Crippen LogP contribution in [0.3, 0.4) is 0 Å². The third-order valence-corrected chi connectivity index (χ3v) is 5.43. The number of carbonyl (C=O) groups excluding carboxylic acids is 1. The zero-order valence-corrected chi connectivity index (χ0v) is 18.0. The molecule has 0 saturated carbocycles. The summed E-state index contributed by atoms with van der Waals surface area (Å²) in [5, 5.41) is 10.4. The van der Waals surface area contributed by atoms with E-state index in [2.05, 4.69) is 17.6 Å². The summed E-state index contributed by atoms with van der Waals surface area (Å²) in [5.74, 6) is -0.529. The number of phosphoric acid groups is 1. The lowest BCUT2D eigenvalue weighted by atomic mass is 10.1. The maximum atomic E-state index is 12.1. The third-order valence-electron chi connectivity index (χ3n) is 4.07. The molecule has 1 saturated heterocycles. The first-order valence-electron chi connectivity index (χ1n) is 8.69. The van der Waals surface area contributed by atoms with E-state index < -0.39 is 63.3 Å². The van der Waals surface area contributed by atoms with Crippen molar-refractivity contribution in [2.45, 2.75) is 37.6 Å². The molecule has 0 aliphatic carbocycles. The van der Waals surface area contributed by atoms with Gasteiger partial charge in [0.2, 0.25) is 0 Å². The van der Waals surface area contributed by atoms with E-state index in [1.807, 2.05) is 0 Å². The Hall–Kier alpha value is -1.51. The van der Waals surface area contributed by atoms with Crippen LogP contribution in [-0.4, -0.2) is 76.0 Å². The predicted octanol–water partition coefficient (Wildman–Crippen LogP) is -0.906. The number of hydrogen-bond acceptors (Lipinski definition) is 12. The lowest BCUT2D eigenvalue weighted by molar-refractivity contribution is -0.146. The number of aliphatic hydroxyl groups excluding tert-OH is 1. The highest BCUT2D eigenvalue weighted by molar-refractivity contribution is 7.80. The molecule has 1 fully saturated rings. The molecule has 6 atom stereocenters. The van der Waals surface area contributed by atoms with Gasteiger partial charge in [-0.15, -0.1) is 0 Å². The van der Waals surface area contributed by atoms with Gasteiger partial charge in [-0.1, -0.05) is 0 Å². The van der Waals surface area contributed by atoms with Crippen molar-refractivity contribution in [2.75, 3.05) is 31.8 Å². The van der Waals surface area contributed by atoms with Crippen LogP contribution in [0.5, 0.6) is 0 Å². The number of nitrogens with two attached hydrogens (primary N) is 1. The van der Waals surface area contributed by atoms with Gasteiger partial charge in [0.25, 0.3) is 0 Å². The molecule has 0 spiro atoms. The molecule has 1 aliphatic rings. The second-order valence-electron chi connectivity index (χ2n) is 6.27. The van der Waals surface area contributed by atoms with Gasteiger partial charge in [0, 0.05) is 26.0 Å². The summed E-state index contributed by atoms with van der Waals surface area (Å²) in [5.41, 5.74) is 4.73. The van der Waals surface area contributed by atoms with Crippen molar-refractivity contribution >= 4 is 32.2 Å². The van der Waals surface area contributed by atoms with Crippen LogP contribution >= 0.6 is 20.5 Å². The topological polar surface area (TPSA) is 182 Å². The maximum absolute atomic E-state index is 12.1. The summed E-state index contributed by atoms with van der Waals surface area (Å²) >= 11 is 3.96. The van der Waals surface area contributed by atoms with Gasteiger partial charge in [-0.05, 0) is 6.07 Å². The van der Waals surface area contributed by atoms with Crippen molar-refractivity contribution in [1.29, 1.82) is 0 Å². The molecule has 0 bridgehead atoms. The number of thiol groups is 1. The van der Waals surface area contributed by atoms with Crippen molar-refractivity contribution in [3.8, 4) is 0 Å². The fourth-order valence-corrected chi connectivity index (χ4v) is 3.64. The van der Waals surface area contributed by atoms with Gasteiger partial charge in [-0.3, -0.25) is 18.4 Å². The average molecular weight is 469 g/mol. The molecule has 4 N–H and O–H groups in total. The summed E-state index contributed by atoms with van der Waals surface area (Å²) in [4.78, 5) is 36.4. The summed E-state index contributed by atoms with van der Waals surface area (Å²) in [6.07, 6.45) is -4.01. The van der Waals surface area contributed by atoms with Crippen molar-refractivity contribution in [2.24, 2.45) is 0 Å². The van der Waals surface area contributed by atoms with Crippen molar-refractivity contribution in [3.63, 3.8) is 0 Å². The Bertz CT molecular complexity index is 839. The first-order chi connectivity index (χ1) is 14.1. The Morgan fingerprint density at radius 1 is 1.50 bits per heavy atom. The fourth-order valence-electron chi connectivity index (χ4n) is 2.70. The van der Waals surface area contributed by atoms with Crippen LogP contribution in [0.4, 0.5) is 5.82 Å². The zero-order chi connectivity index (χ0) is 22.5. The minimum absolute atomic E-state index is 0.00952. The van der Waals surface area contributed by atoms with Crippen molar-refractivity contribution in [3.05, 3.63) is 22.7 Å².